The van der Waals surface area contributed by atoms with Crippen LogP contribution in [-0.2, 0) is 4.79 Å². The molecular formula is C27H29N7O3. The minimum atomic E-state index is -0.222. The van der Waals surface area contributed by atoms with Gasteiger partial charge >= 0.3 is 0 Å². The highest BCUT2D eigenvalue weighted by Gasteiger charge is 2.10. The summed E-state index contributed by atoms with van der Waals surface area (Å²) in [5.74, 6) is 2.08. The Labute approximate surface area is 215 Å². The first-order valence-electron chi connectivity index (χ1n) is 11.6. The van der Waals surface area contributed by atoms with E-state index in [-0.39, 0.29) is 18.4 Å². The fourth-order valence-electron chi connectivity index (χ4n) is 3.59. The van der Waals surface area contributed by atoms with E-state index in [0.29, 0.717) is 11.9 Å². The van der Waals surface area contributed by atoms with Crippen molar-refractivity contribution in [3.8, 4) is 11.5 Å². The monoisotopic (exact) mass is 499 g/mol. The second kappa shape index (κ2) is 11.7. The van der Waals surface area contributed by atoms with Crippen molar-refractivity contribution in [2.24, 2.45) is 0 Å². The fourth-order valence-corrected chi connectivity index (χ4v) is 3.59. The van der Waals surface area contributed by atoms with Crippen molar-refractivity contribution < 1.29 is 14.3 Å². The van der Waals surface area contributed by atoms with Crippen LogP contribution in [0.15, 0.2) is 66.7 Å². The van der Waals surface area contributed by atoms with Gasteiger partial charge in [-0.15, -0.1) is 0 Å². The molecule has 37 heavy (non-hydrogen) atoms. The molecule has 4 rings (SSSR count). The molecule has 0 radical (unpaired) electrons. The minimum Gasteiger partial charge on any atom is -0.497 e. The standard InChI is InChI=1S/C27H29N7O3/c1-17-13-18(2)15-21(14-17)29-24(35)16-28-25-32-26(30-19-5-9-22(36-3)10-6-19)34-27(33-25)31-20-7-11-23(37-4)12-8-20/h5-15H,16H2,1-4H3,(H,29,35)(H3,28,30,31,32,33,34). The summed E-state index contributed by atoms with van der Waals surface area (Å²) in [6.07, 6.45) is 0. The Hall–Kier alpha value is -4.86. The van der Waals surface area contributed by atoms with Crippen molar-refractivity contribution >= 4 is 40.8 Å². The molecule has 4 N–H and O–H groups in total. The molecule has 0 spiro atoms. The number of anilines is 6. The lowest BCUT2D eigenvalue weighted by Gasteiger charge is -2.12. The molecule has 0 aliphatic heterocycles. The highest BCUT2D eigenvalue weighted by molar-refractivity contribution is 5.93. The summed E-state index contributed by atoms with van der Waals surface area (Å²) in [6, 6.07) is 20.6. The number of carbonyl (C=O) groups is 1. The zero-order valence-electron chi connectivity index (χ0n) is 21.1. The van der Waals surface area contributed by atoms with E-state index in [0.717, 1.165) is 39.7 Å². The van der Waals surface area contributed by atoms with Crippen LogP contribution in [-0.4, -0.2) is 41.6 Å². The Morgan fingerprint density at radius 1 is 0.676 bits per heavy atom. The largest absolute Gasteiger partial charge is 0.497 e. The number of hydrogen-bond donors (Lipinski definition) is 4. The van der Waals surface area contributed by atoms with Gasteiger partial charge in [-0.1, -0.05) is 6.07 Å². The summed E-state index contributed by atoms with van der Waals surface area (Å²) in [6.45, 7) is 3.95. The van der Waals surface area contributed by atoms with Crippen LogP contribution < -0.4 is 30.7 Å². The smallest absolute Gasteiger partial charge is 0.243 e. The number of ether oxygens (including phenoxy) is 2. The van der Waals surface area contributed by atoms with Crippen molar-refractivity contribution in [3.63, 3.8) is 0 Å². The molecule has 0 saturated carbocycles. The Balaban J connectivity index is 1.51. The lowest BCUT2D eigenvalue weighted by Crippen LogP contribution is -2.23. The first-order valence-corrected chi connectivity index (χ1v) is 11.6. The second-order valence-corrected chi connectivity index (χ2v) is 8.29. The predicted molar refractivity (Wildman–Crippen MR) is 145 cm³/mol. The maximum Gasteiger partial charge on any atom is 0.243 e. The van der Waals surface area contributed by atoms with Crippen LogP contribution in [0.4, 0.5) is 34.9 Å². The highest BCUT2D eigenvalue weighted by Crippen LogP contribution is 2.22. The molecule has 0 bridgehead atoms. The van der Waals surface area contributed by atoms with Gasteiger partial charge in [0.25, 0.3) is 0 Å². The van der Waals surface area contributed by atoms with Crippen molar-refractivity contribution in [1.29, 1.82) is 0 Å². The van der Waals surface area contributed by atoms with E-state index < -0.39 is 0 Å². The number of carbonyl (C=O) groups excluding carboxylic acids is 1. The maximum absolute atomic E-state index is 12.6. The molecule has 0 aliphatic rings. The normalized spacial score (nSPS) is 10.4. The minimum absolute atomic E-state index is 0.0268. The van der Waals surface area contributed by atoms with E-state index in [9.17, 15) is 4.79 Å². The number of nitrogens with one attached hydrogen (secondary N) is 4. The summed E-state index contributed by atoms with van der Waals surface area (Å²) in [7, 11) is 3.22. The molecule has 1 aromatic heterocycles. The lowest BCUT2D eigenvalue weighted by molar-refractivity contribution is -0.114. The summed E-state index contributed by atoms with van der Waals surface area (Å²) >= 11 is 0. The average Bonchev–Trinajstić information content (AvgIpc) is 2.88. The molecule has 1 heterocycles. The fraction of sp³-hybridized carbons (Fsp3) is 0.185. The molecule has 10 heteroatoms. The van der Waals surface area contributed by atoms with E-state index in [1.807, 2.05) is 80.6 Å². The molecule has 0 atom stereocenters. The number of hydrogen-bond acceptors (Lipinski definition) is 9. The lowest BCUT2D eigenvalue weighted by atomic mass is 10.1. The van der Waals surface area contributed by atoms with Crippen LogP contribution in [0.2, 0.25) is 0 Å². The Morgan fingerprint density at radius 2 is 1.14 bits per heavy atom. The van der Waals surface area contributed by atoms with Crippen LogP contribution in [0.3, 0.4) is 0 Å². The molecule has 4 aromatic rings. The number of aryl methyl sites for hydroxylation is 2. The highest BCUT2D eigenvalue weighted by atomic mass is 16.5. The van der Waals surface area contributed by atoms with Gasteiger partial charge in [-0.2, -0.15) is 15.0 Å². The van der Waals surface area contributed by atoms with Gasteiger partial charge in [-0.3, -0.25) is 4.79 Å². The summed E-state index contributed by atoms with van der Waals surface area (Å²) in [4.78, 5) is 25.9. The van der Waals surface area contributed by atoms with E-state index in [1.165, 1.54) is 0 Å². The summed E-state index contributed by atoms with van der Waals surface area (Å²) in [5.41, 5.74) is 4.42. The van der Waals surface area contributed by atoms with Crippen LogP contribution in [0.1, 0.15) is 11.1 Å². The van der Waals surface area contributed by atoms with Gasteiger partial charge < -0.3 is 30.7 Å². The van der Waals surface area contributed by atoms with Crippen LogP contribution in [0, 0.1) is 13.8 Å². The summed E-state index contributed by atoms with van der Waals surface area (Å²) in [5, 5.41) is 12.2. The average molecular weight is 500 g/mol. The van der Waals surface area contributed by atoms with Gasteiger partial charge in [0.05, 0.1) is 20.8 Å². The number of nitrogens with zero attached hydrogens (tertiary/aromatic N) is 3. The molecule has 190 valence electrons. The van der Waals surface area contributed by atoms with E-state index in [2.05, 4.69) is 36.2 Å². The second-order valence-electron chi connectivity index (χ2n) is 8.29. The van der Waals surface area contributed by atoms with Crippen molar-refractivity contribution in [2.75, 3.05) is 42.0 Å². The van der Waals surface area contributed by atoms with Crippen LogP contribution in [0.5, 0.6) is 11.5 Å². The van der Waals surface area contributed by atoms with Crippen molar-refractivity contribution in [1.82, 2.24) is 15.0 Å². The van der Waals surface area contributed by atoms with E-state index in [1.54, 1.807) is 14.2 Å². The van der Waals surface area contributed by atoms with E-state index >= 15 is 0 Å². The molecular weight excluding hydrogens is 470 g/mol. The third-order valence-corrected chi connectivity index (χ3v) is 5.24. The third kappa shape index (κ3) is 7.31. The number of amides is 1. The summed E-state index contributed by atoms with van der Waals surface area (Å²) < 4.78 is 10.4. The van der Waals surface area contributed by atoms with Crippen molar-refractivity contribution in [3.05, 3.63) is 77.9 Å². The Bertz CT molecular complexity index is 1270. The van der Waals surface area contributed by atoms with Gasteiger partial charge in [-0.05, 0) is 85.6 Å². The van der Waals surface area contributed by atoms with Gasteiger partial charge in [0, 0.05) is 17.1 Å². The van der Waals surface area contributed by atoms with Gasteiger partial charge in [0.2, 0.25) is 23.8 Å². The molecule has 0 saturated heterocycles. The topological polar surface area (TPSA) is 122 Å². The zero-order valence-corrected chi connectivity index (χ0v) is 21.1. The zero-order chi connectivity index (χ0) is 26.2. The molecule has 10 nitrogen and oxygen atoms in total. The van der Waals surface area contributed by atoms with Gasteiger partial charge in [-0.25, -0.2) is 0 Å². The van der Waals surface area contributed by atoms with Gasteiger partial charge in [0.15, 0.2) is 0 Å². The Morgan fingerprint density at radius 3 is 1.59 bits per heavy atom. The number of methoxy groups -OCH3 is 2. The number of aromatic nitrogens is 3. The molecule has 0 unspecified atom stereocenters. The third-order valence-electron chi connectivity index (χ3n) is 5.24. The SMILES string of the molecule is COc1ccc(Nc2nc(NCC(=O)Nc3cc(C)cc(C)c3)nc(Nc3ccc(OC)cc3)n2)cc1. The van der Waals surface area contributed by atoms with Gasteiger partial charge in [0.1, 0.15) is 11.5 Å². The first kappa shape index (κ1) is 25.2. The van der Waals surface area contributed by atoms with Crippen LogP contribution in [0.25, 0.3) is 0 Å². The predicted octanol–water partition coefficient (Wildman–Crippen LogP) is 5.04. The molecule has 3 aromatic carbocycles. The Kier molecular flexibility index (Phi) is 7.99. The van der Waals surface area contributed by atoms with E-state index in [4.69, 9.17) is 9.47 Å². The first-order chi connectivity index (χ1) is 17.9. The number of rotatable bonds is 10. The molecule has 0 aliphatic carbocycles. The quantitative estimate of drug-likeness (QED) is 0.238. The molecule has 0 fully saturated rings. The number of benzene rings is 3. The molecule has 1 amide bonds. The van der Waals surface area contributed by atoms with Crippen LogP contribution >= 0.6 is 0 Å². The van der Waals surface area contributed by atoms with Crippen molar-refractivity contribution in [2.45, 2.75) is 13.8 Å². The maximum atomic E-state index is 12.6.